The van der Waals surface area contributed by atoms with Crippen LogP contribution in [-0.4, -0.2) is 12.1 Å². The molecule has 4 heteroatoms. The second kappa shape index (κ2) is 7.67. The molecule has 1 aromatic heterocycles. The molecule has 1 fully saturated rings. The number of fused-ring (bicyclic) bond motifs is 1. The van der Waals surface area contributed by atoms with Crippen molar-refractivity contribution >= 4 is 39.0 Å². The van der Waals surface area contributed by atoms with Gasteiger partial charge in [-0.15, -0.1) is 11.3 Å². The van der Waals surface area contributed by atoms with Gasteiger partial charge in [0.2, 0.25) is 0 Å². The molecule has 0 amide bonds. The topological polar surface area (TPSA) is 26.3 Å². The molecule has 3 rings (SSSR count). The predicted octanol–water partition coefficient (Wildman–Crippen LogP) is 6.66. The van der Waals surface area contributed by atoms with E-state index in [1.165, 1.54) is 6.42 Å². The molecule has 136 valence electrons. The van der Waals surface area contributed by atoms with Crippen LogP contribution in [0.3, 0.4) is 0 Å². The van der Waals surface area contributed by atoms with E-state index in [1.54, 1.807) is 11.3 Å². The van der Waals surface area contributed by atoms with Crippen molar-refractivity contribution in [2.24, 2.45) is 17.8 Å². The standard InChI is InChI=1S/C21H27ClO2S/c1-12(2)16-7-5-13(3)9-19(16)24-21(23)14(4)18-11-25-20-8-6-15(22)10-17(18)20/h6,8,10-14,16,19H,5,7,9H2,1-4H3/t13-,14?,16+,19-/m1/s1. The normalized spacial score (nSPS) is 25.3. The van der Waals surface area contributed by atoms with Crippen LogP contribution in [-0.2, 0) is 9.53 Å². The fourth-order valence-corrected chi connectivity index (χ4v) is 5.19. The summed E-state index contributed by atoms with van der Waals surface area (Å²) in [5.41, 5.74) is 1.03. The quantitative estimate of drug-likeness (QED) is 0.556. The maximum Gasteiger partial charge on any atom is 0.313 e. The van der Waals surface area contributed by atoms with Gasteiger partial charge in [-0.05, 0) is 72.0 Å². The van der Waals surface area contributed by atoms with Crippen molar-refractivity contribution in [1.82, 2.24) is 0 Å². The molecular weight excluding hydrogens is 352 g/mol. The summed E-state index contributed by atoms with van der Waals surface area (Å²) in [6, 6.07) is 5.86. The van der Waals surface area contributed by atoms with Gasteiger partial charge in [0.25, 0.3) is 0 Å². The molecule has 0 spiro atoms. The van der Waals surface area contributed by atoms with Crippen molar-refractivity contribution in [2.45, 2.75) is 59.0 Å². The van der Waals surface area contributed by atoms with E-state index in [4.69, 9.17) is 16.3 Å². The van der Waals surface area contributed by atoms with E-state index in [9.17, 15) is 4.79 Å². The zero-order chi connectivity index (χ0) is 18.1. The van der Waals surface area contributed by atoms with Crippen LogP contribution in [0, 0.1) is 17.8 Å². The van der Waals surface area contributed by atoms with E-state index < -0.39 is 0 Å². The molecule has 2 aromatic rings. The highest BCUT2D eigenvalue weighted by Crippen LogP contribution is 2.38. The van der Waals surface area contributed by atoms with Gasteiger partial charge in [-0.1, -0.05) is 38.8 Å². The summed E-state index contributed by atoms with van der Waals surface area (Å²) in [6.45, 7) is 8.68. The highest BCUT2D eigenvalue weighted by molar-refractivity contribution is 7.17. The molecule has 1 aromatic carbocycles. The third-order valence-corrected chi connectivity index (χ3v) is 6.83. The molecular formula is C21H27ClO2S. The van der Waals surface area contributed by atoms with Gasteiger partial charge in [0.1, 0.15) is 6.10 Å². The summed E-state index contributed by atoms with van der Waals surface area (Å²) < 4.78 is 7.19. The summed E-state index contributed by atoms with van der Waals surface area (Å²) in [4.78, 5) is 12.9. The van der Waals surface area contributed by atoms with Gasteiger partial charge in [-0.25, -0.2) is 0 Å². The summed E-state index contributed by atoms with van der Waals surface area (Å²) >= 11 is 7.80. The van der Waals surface area contributed by atoms with Gasteiger partial charge in [0, 0.05) is 9.72 Å². The fourth-order valence-electron chi connectivity index (χ4n) is 3.98. The largest absolute Gasteiger partial charge is 0.462 e. The Morgan fingerprint density at radius 1 is 1.28 bits per heavy atom. The first-order valence-corrected chi connectivity index (χ1v) is 10.5. The number of benzene rings is 1. The second-order valence-corrected chi connectivity index (χ2v) is 9.20. The molecule has 1 aliphatic rings. The van der Waals surface area contributed by atoms with Crippen LogP contribution in [0.15, 0.2) is 23.6 Å². The lowest BCUT2D eigenvalue weighted by Gasteiger charge is -2.37. The van der Waals surface area contributed by atoms with Gasteiger partial charge < -0.3 is 4.74 Å². The number of esters is 1. The average molecular weight is 379 g/mol. The predicted molar refractivity (Wildman–Crippen MR) is 106 cm³/mol. The first-order chi connectivity index (χ1) is 11.9. The van der Waals surface area contributed by atoms with Crippen molar-refractivity contribution < 1.29 is 9.53 Å². The van der Waals surface area contributed by atoms with Crippen LogP contribution in [0.5, 0.6) is 0 Å². The minimum Gasteiger partial charge on any atom is -0.462 e. The molecule has 0 saturated heterocycles. The Morgan fingerprint density at radius 3 is 2.76 bits per heavy atom. The summed E-state index contributed by atoms with van der Waals surface area (Å²) in [5, 5.41) is 3.84. The van der Waals surface area contributed by atoms with Crippen LogP contribution in [0.1, 0.15) is 58.4 Å². The third-order valence-electron chi connectivity index (χ3n) is 5.61. The lowest BCUT2D eigenvalue weighted by atomic mass is 9.75. The molecule has 1 unspecified atom stereocenters. The SMILES string of the molecule is CC(C(=O)O[C@@H]1C[C@H](C)CC[C@H]1C(C)C)c1csc2ccc(Cl)cc12. The highest BCUT2D eigenvalue weighted by atomic mass is 35.5. The molecule has 0 bridgehead atoms. The Hall–Kier alpha value is -1.06. The number of hydrogen-bond donors (Lipinski definition) is 0. The van der Waals surface area contributed by atoms with E-state index in [1.807, 2.05) is 25.1 Å². The van der Waals surface area contributed by atoms with Crippen molar-refractivity contribution in [3.05, 3.63) is 34.2 Å². The van der Waals surface area contributed by atoms with Gasteiger partial charge in [-0.3, -0.25) is 4.79 Å². The number of carbonyl (C=O) groups is 1. The van der Waals surface area contributed by atoms with Gasteiger partial charge >= 0.3 is 5.97 Å². The van der Waals surface area contributed by atoms with E-state index in [0.29, 0.717) is 22.8 Å². The zero-order valence-corrected chi connectivity index (χ0v) is 17.0. The summed E-state index contributed by atoms with van der Waals surface area (Å²) in [6.07, 6.45) is 3.42. The monoisotopic (exact) mass is 378 g/mol. The van der Waals surface area contributed by atoms with Gasteiger partial charge in [0.05, 0.1) is 5.92 Å². The first kappa shape index (κ1) is 18.7. The highest BCUT2D eigenvalue weighted by Gasteiger charge is 2.34. The maximum atomic E-state index is 12.9. The maximum absolute atomic E-state index is 12.9. The molecule has 1 aliphatic carbocycles. The molecule has 4 atom stereocenters. The smallest absolute Gasteiger partial charge is 0.313 e. The Balaban J connectivity index is 1.78. The Bertz CT molecular complexity index is 751. The van der Waals surface area contributed by atoms with Crippen LogP contribution >= 0.6 is 22.9 Å². The second-order valence-electron chi connectivity index (χ2n) is 7.85. The Kier molecular flexibility index (Phi) is 5.75. The van der Waals surface area contributed by atoms with E-state index in [2.05, 4.69) is 26.2 Å². The number of ether oxygens (including phenoxy) is 1. The Labute approximate surface area is 159 Å². The molecule has 1 saturated carbocycles. The lowest BCUT2D eigenvalue weighted by molar-refractivity contribution is -0.157. The first-order valence-electron chi connectivity index (χ1n) is 9.24. The van der Waals surface area contributed by atoms with Crippen molar-refractivity contribution in [1.29, 1.82) is 0 Å². The van der Waals surface area contributed by atoms with E-state index in [0.717, 1.165) is 28.5 Å². The zero-order valence-electron chi connectivity index (χ0n) is 15.4. The number of thiophene rings is 1. The number of halogens is 1. The van der Waals surface area contributed by atoms with Crippen molar-refractivity contribution in [3.8, 4) is 0 Å². The third kappa shape index (κ3) is 4.03. The Morgan fingerprint density at radius 2 is 2.04 bits per heavy atom. The molecule has 0 aliphatic heterocycles. The lowest BCUT2D eigenvalue weighted by Crippen LogP contribution is -2.36. The minimum atomic E-state index is -0.266. The van der Waals surface area contributed by atoms with Gasteiger partial charge in [-0.2, -0.15) is 0 Å². The summed E-state index contributed by atoms with van der Waals surface area (Å²) in [7, 11) is 0. The van der Waals surface area contributed by atoms with E-state index >= 15 is 0 Å². The molecule has 1 heterocycles. The average Bonchev–Trinajstić information content (AvgIpc) is 2.96. The number of hydrogen-bond acceptors (Lipinski definition) is 3. The summed E-state index contributed by atoms with van der Waals surface area (Å²) in [5.74, 6) is 1.27. The van der Waals surface area contributed by atoms with Gasteiger partial charge in [0.15, 0.2) is 0 Å². The van der Waals surface area contributed by atoms with E-state index in [-0.39, 0.29) is 18.0 Å². The fraction of sp³-hybridized carbons (Fsp3) is 0.571. The van der Waals surface area contributed by atoms with Crippen molar-refractivity contribution in [2.75, 3.05) is 0 Å². The van der Waals surface area contributed by atoms with Crippen LogP contribution in [0.4, 0.5) is 0 Å². The number of rotatable bonds is 4. The van der Waals surface area contributed by atoms with Crippen LogP contribution in [0.25, 0.3) is 10.1 Å². The molecule has 0 radical (unpaired) electrons. The molecule has 0 N–H and O–H groups in total. The van der Waals surface area contributed by atoms with Crippen molar-refractivity contribution in [3.63, 3.8) is 0 Å². The van der Waals surface area contributed by atoms with Crippen LogP contribution in [0.2, 0.25) is 5.02 Å². The number of carbonyl (C=O) groups excluding carboxylic acids is 1. The molecule has 2 nitrogen and oxygen atoms in total. The van der Waals surface area contributed by atoms with Crippen LogP contribution < -0.4 is 0 Å². The molecule has 25 heavy (non-hydrogen) atoms. The minimum absolute atomic E-state index is 0.0483.